The highest BCUT2D eigenvalue weighted by Gasteiger charge is 2.55. The zero-order valence-corrected chi connectivity index (χ0v) is 19.0. The van der Waals surface area contributed by atoms with Gasteiger partial charge in [-0.15, -0.1) is 0 Å². The Morgan fingerprint density at radius 1 is 1.20 bits per heavy atom. The summed E-state index contributed by atoms with van der Waals surface area (Å²) in [7, 11) is 0. The standard InChI is InChI=1S/C27H23N3O5/c1-14(31)24-20-12-18(25(27(33)34)30(20)26(24)32)16-6-8-21-19(11-16)17-7-5-15(10-22(17)35-21)13-29-9-3-2-4-23(29)28/h2-11,14,20,24,28,31H,12-13H2,1H3,(H,33,34)/t14-,20-,24-/m1/s1. The zero-order valence-electron chi connectivity index (χ0n) is 19.0. The molecule has 8 nitrogen and oxygen atoms in total. The number of aliphatic hydroxyl groups excluding tert-OH is 1. The summed E-state index contributed by atoms with van der Waals surface area (Å²) in [5, 5.41) is 23.7. The van der Waals surface area contributed by atoms with Crippen LogP contribution in [0.1, 0.15) is 24.5 Å². The number of amides is 1. The number of nitrogen functional groups attached to an aromatic ring is 1. The lowest BCUT2D eigenvalue weighted by molar-refractivity contribution is -0.674. The summed E-state index contributed by atoms with van der Waals surface area (Å²) in [6, 6.07) is 16.8. The van der Waals surface area contributed by atoms with Crippen molar-refractivity contribution in [2.24, 2.45) is 5.92 Å². The summed E-state index contributed by atoms with van der Waals surface area (Å²) < 4.78 is 8.04. The Morgan fingerprint density at radius 2 is 2.03 bits per heavy atom. The van der Waals surface area contributed by atoms with Crippen LogP contribution in [-0.2, 0) is 16.1 Å². The molecule has 2 aliphatic rings. The molecule has 4 heterocycles. The van der Waals surface area contributed by atoms with Crippen molar-refractivity contribution in [2.75, 3.05) is 5.73 Å². The van der Waals surface area contributed by atoms with Crippen LogP contribution in [0.25, 0.3) is 27.5 Å². The molecule has 0 radical (unpaired) electrons. The van der Waals surface area contributed by atoms with Gasteiger partial charge in [-0.2, -0.15) is 0 Å². The number of furan rings is 1. The first-order chi connectivity index (χ1) is 16.8. The number of aromatic nitrogens is 1. The largest absolute Gasteiger partial charge is 0.543 e. The number of rotatable bonds is 5. The summed E-state index contributed by atoms with van der Waals surface area (Å²) in [6.45, 7) is 2.15. The van der Waals surface area contributed by atoms with Gasteiger partial charge in [0.2, 0.25) is 5.91 Å². The number of anilines is 1. The normalized spacial score (nSPS) is 20.4. The molecular formula is C27H23N3O5. The fourth-order valence-corrected chi connectivity index (χ4v) is 5.45. The number of carbonyl (C=O) groups excluding carboxylic acids is 2. The van der Waals surface area contributed by atoms with Gasteiger partial charge in [-0.25, -0.2) is 4.57 Å². The predicted molar refractivity (Wildman–Crippen MR) is 126 cm³/mol. The van der Waals surface area contributed by atoms with Gasteiger partial charge in [0, 0.05) is 16.8 Å². The molecule has 2 aliphatic heterocycles. The molecule has 1 amide bonds. The van der Waals surface area contributed by atoms with Crippen molar-refractivity contribution in [1.82, 2.24) is 4.90 Å². The van der Waals surface area contributed by atoms with Crippen molar-refractivity contribution in [3.05, 3.63) is 77.6 Å². The fraction of sp³-hybridized carbons (Fsp3) is 0.222. The SMILES string of the molecule is C[C@@H](O)[C@H]1C(=O)N2C(C(=O)[O-])=C(c3ccc4oc5cc(C[n+]6ccccc6N)ccc5c4c3)C[C@H]12. The molecule has 1 saturated heterocycles. The van der Waals surface area contributed by atoms with E-state index in [4.69, 9.17) is 10.2 Å². The number of aliphatic hydroxyl groups is 1. The average Bonchev–Trinajstić information content (AvgIpc) is 3.35. The number of aliphatic carboxylic acids is 1. The third-order valence-electron chi connectivity index (χ3n) is 7.13. The molecule has 3 N–H and O–H groups in total. The van der Waals surface area contributed by atoms with Crippen LogP contribution < -0.4 is 15.4 Å². The Bertz CT molecular complexity index is 1570. The number of carboxylic acids is 1. The first-order valence-corrected chi connectivity index (χ1v) is 11.5. The van der Waals surface area contributed by atoms with Gasteiger partial charge in [0.1, 0.15) is 17.7 Å². The van der Waals surface area contributed by atoms with Crippen LogP contribution in [0.15, 0.2) is 70.9 Å². The second kappa shape index (κ2) is 7.68. The first kappa shape index (κ1) is 21.4. The van der Waals surface area contributed by atoms with E-state index in [2.05, 4.69) is 0 Å². The molecule has 6 rings (SSSR count). The van der Waals surface area contributed by atoms with Crippen molar-refractivity contribution in [2.45, 2.75) is 32.0 Å². The van der Waals surface area contributed by atoms with E-state index in [-0.39, 0.29) is 17.6 Å². The van der Waals surface area contributed by atoms with Crippen LogP contribution in [0.5, 0.6) is 0 Å². The van der Waals surface area contributed by atoms with E-state index in [0.717, 1.165) is 21.9 Å². The quantitative estimate of drug-likeness (QED) is 0.338. The molecule has 0 spiro atoms. The fourth-order valence-electron chi connectivity index (χ4n) is 5.45. The minimum atomic E-state index is -1.39. The monoisotopic (exact) mass is 469 g/mol. The van der Waals surface area contributed by atoms with E-state index in [0.29, 0.717) is 35.5 Å². The number of pyridine rings is 1. The maximum absolute atomic E-state index is 12.5. The maximum Gasteiger partial charge on any atom is 0.272 e. The highest BCUT2D eigenvalue weighted by atomic mass is 16.4. The van der Waals surface area contributed by atoms with Crippen molar-refractivity contribution in [3.8, 4) is 0 Å². The number of carboxylic acid groups (broad SMARTS) is 1. The molecule has 0 bridgehead atoms. The van der Waals surface area contributed by atoms with Crippen molar-refractivity contribution >= 4 is 45.2 Å². The van der Waals surface area contributed by atoms with Gasteiger partial charge >= 0.3 is 0 Å². The minimum absolute atomic E-state index is 0.108. The topological polar surface area (TPSA) is 124 Å². The highest BCUT2D eigenvalue weighted by Crippen LogP contribution is 2.47. The third-order valence-corrected chi connectivity index (χ3v) is 7.13. The van der Waals surface area contributed by atoms with Crippen molar-refractivity contribution in [3.63, 3.8) is 0 Å². The number of nitrogens with two attached hydrogens (primary N) is 1. The highest BCUT2D eigenvalue weighted by molar-refractivity contribution is 6.09. The Hall–Kier alpha value is -4.17. The lowest BCUT2D eigenvalue weighted by atomic mass is 9.82. The second-order valence-corrected chi connectivity index (χ2v) is 9.26. The molecular weight excluding hydrogens is 446 g/mol. The number of benzene rings is 2. The Labute approximate surface area is 200 Å². The molecule has 0 aliphatic carbocycles. The molecule has 4 aromatic rings. The van der Waals surface area contributed by atoms with E-state index in [1.165, 1.54) is 4.90 Å². The molecule has 35 heavy (non-hydrogen) atoms. The van der Waals surface area contributed by atoms with Crippen LogP contribution in [-0.4, -0.2) is 34.0 Å². The molecule has 3 atom stereocenters. The van der Waals surface area contributed by atoms with Gasteiger partial charge in [-0.05, 0) is 54.3 Å². The lowest BCUT2D eigenvalue weighted by Gasteiger charge is -2.45. The van der Waals surface area contributed by atoms with Crippen molar-refractivity contribution in [1.29, 1.82) is 0 Å². The van der Waals surface area contributed by atoms with Crippen LogP contribution in [0, 0.1) is 5.92 Å². The van der Waals surface area contributed by atoms with Gasteiger partial charge in [0.05, 0.1) is 35.9 Å². The van der Waals surface area contributed by atoms with Gasteiger partial charge < -0.3 is 24.3 Å². The number of nitrogens with zero attached hydrogens (tertiary/aromatic N) is 2. The summed E-state index contributed by atoms with van der Waals surface area (Å²) in [5.74, 6) is -1.70. The molecule has 0 unspecified atom stereocenters. The number of fused-ring (bicyclic) bond motifs is 4. The molecule has 0 saturated carbocycles. The molecule has 8 heteroatoms. The Kier molecular flexibility index (Phi) is 4.69. The van der Waals surface area contributed by atoms with Crippen LogP contribution in [0.4, 0.5) is 5.82 Å². The zero-order chi connectivity index (χ0) is 24.4. The summed E-state index contributed by atoms with van der Waals surface area (Å²) in [4.78, 5) is 25.8. The van der Waals surface area contributed by atoms with Gasteiger partial charge in [0.15, 0.2) is 0 Å². The van der Waals surface area contributed by atoms with E-state index >= 15 is 0 Å². The number of β-lactam (4-membered cyclic amide) rings is 1. The molecule has 1 fully saturated rings. The van der Waals surface area contributed by atoms with Crippen LogP contribution >= 0.6 is 0 Å². The smallest absolute Gasteiger partial charge is 0.272 e. The van der Waals surface area contributed by atoms with E-state index in [1.807, 2.05) is 59.3 Å². The first-order valence-electron chi connectivity index (χ1n) is 11.5. The molecule has 176 valence electrons. The third kappa shape index (κ3) is 3.21. The molecule has 2 aromatic heterocycles. The van der Waals surface area contributed by atoms with Gasteiger partial charge in [0.25, 0.3) is 5.82 Å². The minimum Gasteiger partial charge on any atom is -0.543 e. The van der Waals surface area contributed by atoms with Gasteiger partial charge in [-0.3, -0.25) is 10.5 Å². The van der Waals surface area contributed by atoms with E-state index in [1.54, 1.807) is 13.0 Å². The van der Waals surface area contributed by atoms with Crippen molar-refractivity contribution < 1.29 is 28.8 Å². The number of carbonyl (C=O) groups is 2. The van der Waals surface area contributed by atoms with Crippen LogP contribution in [0.3, 0.4) is 0 Å². The van der Waals surface area contributed by atoms with E-state index < -0.39 is 18.0 Å². The van der Waals surface area contributed by atoms with Gasteiger partial charge in [-0.1, -0.05) is 24.3 Å². The summed E-state index contributed by atoms with van der Waals surface area (Å²) in [6.07, 6.45) is 1.43. The molecule has 2 aromatic carbocycles. The summed E-state index contributed by atoms with van der Waals surface area (Å²) in [5.41, 5.74) is 9.62. The predicted octanol–water partition coefficient (Wildman–Crippen LogP) is 1.58. The second-order valence-electron chi connectivity index (χ2n) is 9.26. The average molecular weight is 469 g/mol. The number of hydrogen-bond donors (Lipinski definition) is 2. The lowest BCUT2D eigenvalue weighted by Crippen LogP contribution is -2.62. The van der Waals surface area contributed by atoms with E-state index in [9.17, 15) is 19.8 Å². The maximum atomic E-state index is 12.5. The number of hydrogen-bond acceptors (Lipinski definition) is 6. The Morgan fingerprint density at radius 3 is 2.77 bits per heavy atom. The van der Waals surface area contributed by atoms with Crippen LogP contribution in [0.2, 0.25) is 0 Å². The summed E-state index contributed by atoms with van der Waals surface area (Å²) >= 11 is 0. The Balaban J connectivity index is 1.39.